The van der Waals surface area contributed by atoms with Gasteiger partial charge in [0.25, 0.3) is 0 Å². The summed E-state index contributed by atoms with van der Waals surface area (Å²) >= 11 is 0. The Morgan fingerprint density at radius 1 is 0.871 bits per heavy atom. The normalized spacial score (nSPS) is 36.5. The van der Waals surface area contributed by atoms with E-state index in [4.69, 9.17) is 9.47 Å². The molecule has 0 unspecified atom stereocenters. The van der Waals surface area contributed by atoms with Crippen LogP contribution < -0.4 is 5.32 Å². The number of fused-ring (bicyclic) bond motifs is 7. The van der Waals surface area contributed by atoms with Crippen molar-refractivity contribution in [1.82, 2.24) is 0 Å². The molecule has 0 spiro atoms. The molecule has 6 heteroatoms. The van der Waals surface area contributed by atoms with Gasteiger partial charge in [-0.1, -0.05) is 6.07 Å². The largest absolute Gasteiger partial charge is 0.466 e. The minimum absolute atomic E-state index is 0.0486. The molecule has 166 valence electrons. The molecule has 4 saturated carbocycles. The maximum atomic E-state index is 11.6. The van der Waals surface area contributed by atoms with Crippen molar-refractivity contribution in [2.75, 3.05) is 18.5 Å². The lowest BCUT2D eigenvalue weighted by atomic mass is 9.47. The number of benzene rings is 1. The summed E-state index contributed by atoms with van der Waals surface area (Å²) in [6.07, 6.45) is 3.48. The molecule has 4 fully saturated rings. The average molecular weight is 426 g/mol. The van der Waals surface area contributed by atoms with Crippen LogP contribution in [0.3, 0.4) is 0 Å². The fraction of sp³-hybridized carbons (Fsp3) is 0.640. The summed E-state index contributed by atoms with van der Waals surface area (Å²) in [6, 6.07) is 6.41. The molecule has 0 aliphatic heterocycles. The van der Waals surface area contributed by atoms with Gasteiger partial charge in [0.1, 0.15) is 0 Å². The Balaban J connectivity index is 1.47. The van der Waals surface area contributed by atoms with E-state index in [0.717, 1.165) is 18.5 Å². The molecular formula is C25H31NO5. The van der Waals surface area contributed by atoms with E-state index in [2.05, 4.69) is 17.4 Å². The summed E-state index contributed by atoms with van der Waals surface area (Å²) in [5, 5.41) is 2.93. The average Bonchev–Trinajstić information content (AvgIpc) is 3.29. The number of nitrogens with one attached hydrogen (secondary N) is 1. The van der Waals surface area contributed by atoms with Crippen molar-refractivity contribution >= 4 is 23.5 Å². The predicted molar refractivity (Wildman–Crippen MR) is 114 cm³/mol. The third-order valence-corrected chi connectivity index (χ3v) is 8.52. The van der Waals surface area contributed by atoms with Gasteiger partial charge in [0.15, 0.2) is 0 Å². The number of hydrogen-bond acceptors (Lipinski definition) is 5. The lowest BCUT2D eigenvalue weighted by Gasteiger charge is -2.58. The third-order valence-electron chi connectivity index (χ3n) is 8.52. The highest BCUT2D eigenvalue weighted by Gasteiger charge is 2.64. The second-order valence-electron chi connectivity index (χ2n) is 9.97. The van der Waals surface area contributed by atoms with Crippen LogP contribution in [-0.2, 0) is 23.9 Å². The molecule has 6 nitrogen and oxygen atoms in total. The van der Waals surface area contributed by atoms with Crippen LogP contribution in [0.4, 0.5) is 5.69 Å². The molecule has 5 aliphatic rings. The topological polar surface area (TPSA) is 81.7 Å². The van der Waals surface area contributed by atoms with Gasteiger partial charge in [-0.15, -0.1) is 0 Å². The van der Waals surface area contributed by atoms with Gasteiger partial charge >= 0.3 is 11.9 Å². The van der Waals surface area contributed by atoms with Gasteiger partial charge in [-0.3, -0.25) is 14.4 Å². The van der Waals surface area contributed by atoms with Crippen LogP contribution in [0, 0.1) is 35.5 Å². The molecule has 4 bridgehead atoms. The number of hydrogen-bond donors (Lipinski definition) is 1. The summed E-state index contributed by atoms with van der Waals surface area (Å²) in [7, 11) is 0. The minimum Gasteiger partial charge on any atom is -0.466 e. The molecule has 1 amide bonds. The summed E-state index contributed by atoms with van der Waals surface area (Å²) < 4.78 is 11.0. The van der Waals surface area contributed by atoms with Crippen molar-refractivity contribution < 1.29 is 23.9 Å². The Kier molecular flexibility index (Phi) is 5.06. The van der Waals surface area contributed by atoms with Gasteiger partial charge in [0, 0.05) is 38.3 Å². The summed E-state index contributed by atoms with van der Waals surface area (Å²) in [5.74, 6) is 3.16. The summed E-state index contributed by atoms with van der Waals surface area (Å²) in [5.41, 5.74) is 3.71. The summed E-state index contributed by atoms with van der Waals surface area (Å²) in [6.45, 7) is 5.31. The van der Waals surface area contributed by atoms with Gasteiger partial charge in [-0.2, -0.15) is 0 Å². The highest BCUT2D eigenvalue weighted by atomic mass is 16.5. The monoisotopic (exact) mass is 425 g/mol. The van der Waals surface area contributed by atoms with Crippen molar-refractivity contribution in [1.29, 1.82) is 0 Å². The molecule has 6 rings (SSSR count). The SMILES string of the molecule is CC(=O)Nc1ccc2c(c1)[C@@H]1C[C@H]2[C@H]2[C@H]3CC[C@H]([C@@H](COC(C)=O)[C@@H]3COC(C)=O)[C@H]21. The first-order valence-electron chi connectivity index (χ1n) is 11.5. The Labute approximate surface area is 183 Å². The Morgan fingerprint density at radius 3 is 1.94 bits per heavy atom. The third kappa shape index (κ3) is 3.35. The Hall–Kier alpha value is -2.37. The molecule has 0 aromatic heterocycles. The van der Waals surface area contributed by atoms with Crippen LogP contribution >= 0.6 is 0 Å². The zero-order valence-electron chi connectivity index (χ0n) is 18.4. The molecular weight excluding hydrogens is 394 g/mol. The number of amides is 1. The fourth-order valence-corrected chi connectivity index (χ4v) is 7.80. The Bertz CT molecular complexity index is 926. The standard InChI is InChI=1S/C25H31NO5/c1-12(27)26-15-4-5-16-19(8-15)21-9-20(16)24-17-6-7-18(25(21)24)23(11-31-14(3)29)22(17)10-30-13(2)28/h4-5,8,17-18,20-25H,6-7,9-11H2,1-3H3,(H,26,27)/t17-,18+,20+,21-,22+,23+,24+,25-/m0/s1. The van der Waals surface area contributed by atoms with Gasteiger partial charge in [0.05, 0.1) is 13.2 Å². The van der Waals surface area contributed by atoms with E-state index in [1.165, 1.54) is 31.4 Å². The number of rotatable bonds is 5. The Morgan fingerprint density at radius 2 is 1.42 bits per heavy atom. The van der Waals surface area contributed by atoms with Crippen molar-refractivity contribution in [3.63, 3.8) is 0 Å². The van der Waals surface area contributed by atoms with Crippen LogP contribution in [0.5, 0.6) is 0 Å². The van der Waals surface area contributed by atoms with Gasteiger partial charge in [0.2, 0.25) is 5.91 Å². The summed E-state index contributed by atoms with van der Waals surface area (Å²) in [4.78, 5) is 34.7. The van der Waals surface area contributed by atoms with Gasteiger partial charge < -0.3 is 14.8 Å². The molecule has 1 aromatic carbocycles. The maximum Gasteiger partial charge on any atom is 0.302 e. The van der Waals surface area contributed by atoms with Crippen molar-refractivity contribution in [2.45, 2.75) is 51.9 Å². The second-order valence-corrected chi connectivity index (χ2v) is 9.97. The number of esters is 2. The van der Waals surface area contributed by atoms with E-state index in [9.17, 15) is 14.4 Å². The zero-order chi connectivity index (χ0) is 21.9. The van der Waals surface area contributed by atoms with E-state index in [-0.39, 0.29) is 29.7 Å². The van der Waals surface area contributed by atoms with E-state index >= 15 is 0 Å². The number of carbonyl (C=O) groups excluding carboxylic acids is 3. The number of ether oxygens (including phenoxy) is 2. The molecule has 8 atom stereocenters. The van der Waals surface area contributed by atoms with Crippen molar-refractivity contribution in [2.24, 2.45) is 35.5 Å². The van der Waals surface area contributed by atoms with E-state index in [0.29, 0.717) is 48.7 Å². The van der Waals surface area contributed by atoms with Gasteiger partial charge in [-0.25, -0.2) is 0 Å². The van der Waals surface area contributed by atoms with Crippen LogP contribution in [0.2, 0.25) is 0 Å². The van der Waals surface area contributed by atoms with Crippen LogP contribution in [0.25, 0.3) is 0 Å². The maximum absolute atomic E-state index is 11.6. The van der Waals surface area contributed by atoms with Crippen molar-refractivity contribution in [3.8, 4) is 0 Å². The lowest BCUT2D eigenvalue weighted by Crippen LogP contribution is -2.54. The van der Waals surface area contributed by atoms with Crippen LogP contribution in [-0.4, -0.2) is 31.1 Å². The molecule has 0 saturated heterocycles. The zero-order valence-corrected chi connectivity index (χ0v) is 18.4. The molecule has 1 N–H and O–H groups in total. The van der Waals surface area contributed by atoms with E-state index < -0.39 is 0 Å². The van der Waals surface area contributed by atoms with Crippen molar-refractivity contribution in [3.05, 3.63) is 29.3 Å². The first-order chi connectivity index (χ1) is 14.8. The molecule has 0 radical (unpaired) electrons. The van der Waals surface area contributed by atoms with Crippen LogP contribution in [0.1, 0.15) is 63.0 Å². The first-order valence-corrected chi connectivity index (χ1v) is 11.5. The lowest BCUT2D eigenvalue weighted by molar-refractivity contribution is -0.161. The quantitative estimate of drug-likeness (QED) is 0.725. The second kappa shape index (κ2) is 7.64. The van der Waals surface area contributed by atoms with E-state index in [1.807, 2.05) is 6.07 Å². The highest BCUT2D eigenvalue weighted by molar-refractivity contribution is 5.88. The molecule has 1 aromatic rings. The van der Waals surface area contributed by atoms with Crippen LogP contribution in [0.15, 0.2) is 18.2 Å². The number of anilines is 1. The fourth-order valence-electron chi connectivity index (χ4n) is 7.80. The van der Waals surface area contributed by atoms with E-state index in [1.54, 1.807) is 6.92 Å². The molecule has 5 aliphatic carbocycles. The molecule has 31 heavy (non-hydrogen) atoms. The van der Waals surface area contributed by atoms with Gasteiger partial charge in [-0.05, 0) is 78.0 Å². The minimum atomic E-state index is -0.248. The predicted octanol–water partition coefficient (Wildman–Crippen LogP) is 3.86. The smallest absolute Gasteiger partial charge is 0.302 e. The molecule has 0 heterocycles. The number of carbonyl (C=O) groups is 3. The highest BCUT2D eigenvalue weighted by Crippen LogP contribution is 2.71. The first kappa shape index (κ1) is 20.5.